The fourth-order valence-corrected chi connectivity index (χ4v) is 3.90. The van der Waals surface area contributed by atoms with Crippen LogP contribution in [0.15, 0.2) is 33.9 Å². The van der Waals surface area contributed by atoms with Crippen LogP contribution in [0.5, 0.6) is 0 Å². The molecule has 1 aliphatic carbocycles. The number of carbonyl (C=O) groups is 1. The monoisotopic (exact) mass is 358 g/mol. The van der Waals surface area contributed by atoms with E-state index in [1.54, 1.807) is 0 Å². The van der Waals surface area contributed by atoms with Crippen molar-refractivity contribution in [3.63, 3.8) is 0 Å². The van der Waals surface area contributed by atoms with Gasteiger partial charge in [0.2, 0.25) is 5.89 Å². The molecule has 1 saturated carbocycles. The average Bonchev–Trinajstić information content (AvgIpc) is 3.15. The van der Waals surface area contributed by atoms with Crippen LogP contribution in [0.1, 0.15) is 86.0 Å². The van der Waals surface area contributed by atoms with Crippen molar-refractivity contribution in [2.75, 3.05) is 5.75 Å². The van der Waals surface area contributed by atoms with Gasteiger partial charge < -0.3 is 4.42 Å². The van der Waals surface area contributed by atoms with Crippen LogP contribution in [-0.2, 0) is 0 Å². The predicted octanol–water partition coefficient (Wildman–Crippen LogP) is 5.61. The first-order chi connectivity index (χ1) is 12.2. The Labute approximate surface area is 153 Å². The molecular weight excluding hydrogens is 332 g/mol. The van der Waals surface area contributed by atoms with E-state index in [4.69, 9.17) is 4.42 Å². The normalized spacial score (nSPS) is 16.7. The first-order valence-electron chi connectivity index (χ1n) is 9.26. The van der Waals surface area contributed by atoms with Gasteiger partial charge in [-0.15, -0.1) is 10.2 Å². The molecule has 25 heavy (non-hydrogen) atoms. The summed E-state index contributed by atoms with van der Waals surface area (Å²) in [5.74, 6) is 2.09. The van der Waals surface area contributed by atoms with E-state index >= 15 is 0 Å². The molecule has 5 heteroatoms. The van der Waals surface area contributed by atoms with Crippen molar-refractivity contribution in [3.8, 4) is 0 Å². The quantitative estimate of drug-likeness (QED) is 0.476. The standard InChI is InChI=1S/C20H26N2O2S/c1-3-14(2)15-9-11-16(12-10-15)18(23)13-25-20-22-21-19(24-20)17-7-5-4-6-8-17/h9-12,14,17H,3-8,13H2,1-2H3. The van der Waals surface area contributed by atoms with E-state index in [2.05, 4.69) is 36.2 Å². The van der Waals surface area contributed by atoms with Gasteiger partial charge in [0, 0.05) is 11.5 Å². The van der Waals surface area contributed by atoms with Gasteiger partial charge in [0.1, 0.15) is 0 Å². The fourth-order valence-electron chi connectivity index (χ4n) is 3.24. The first kappa shape index (κ1) is 18.2. The molecule has 134 valence electrons. The average molecular weight is 359 g/mol. The Hall–Kier alpha value is -1.62. The summed E-state index contributed by atoms with van der Waals surface area (Å²) >= 11 is 1.33. The number of benzene rings is 1. The number of thioether (sulfide) groups is 1. The van der Waals surface area contributed by atoms with Crippen LogP contribution in [0.3, 0.4) is 0 Å². The van der Waals surface area contributed by atoms with Gasteiger partial charge in [-0.1, -0.05) is 69.1 Å². The summed E-state index contributed by atoms with van der Waals surface area (Å²) in [5, 5.41) is 8.79. The second-order valence-electron chi connectivity index (χ2n) is 6.88. The molecule has 0 spiro atoms. The smallest absolute Gasteiger partial charge is 0.277 e. The second kappa shape index (κ2) is 8.65. The van der Waals surface area contributed by atoms with Gasteiger partial charge >= 0.3 is 0 Å². The van der Waals surface area contributed by atoms with Gasteiger partial charge in [0.15, 0.2) is 5.78 Å². The molecule has 0 aliphatic heterocycles. The second-order valence-corrected chi connectivity index (χ2v) is 7.81. The highest BCUT2D eigenvalue weighted by Crippen LogP contribution is 2.33. The molecule has 0 N–H and O–H groups in total. The van der Waals surface area contributed by atoms with Crippen LogP contribution in [-0.4, -0.2) is 21.7 Å². The maximum absolute atomic E-state index is 12.4. The van der Waals surface area contributed by atoms with Gasteiger partial charge in [-0.25, -0.2) is 0 Å². The van der Waals surface area contributed by atoms with E-state index in [9.17, 15) is 4.79 Å². The lowest BCUT2D eigenvalue weighted by atomic mass is 9.89. The summed E-state index contributed by atoms with van der Waals surface area (Å²) in [6.07, 6.45) is 7.14. The van der Waals surface area contributed by atoms with Crippen LogP contribution in [0.25, 0.3) is 0 Å². The number of rotatable bonds is 7. The number of aromatic nitrogens is 2. The molecule has 1 aromatic heterocycles. The van der Waals surface area contributed by atoms with Crippen molar-refractivity contribution >= 4 is 17.5 Å². The molecule has 1 unspecified atom stereocenters. The zero-order chi connectivity index (χ0) is 17.6. The van der Waals surface area contributed by atoms with Crippen molar-refractivity contribution in [1.82, 2.24) is 10.2 Å². The van der Waals surface area contributed by atoms with Gasteiger partial charge in [-0.3, -0.25) is 4.79 Å². The minimum absolute atomic E-state index is 0.0955. The molecule has 0 radical (unpaired) electrons. The molecule has 0 bridgehead atoms. The van der Waals surface area contributed by atoms with Crippen LogP contribution < -0.4 is 0 Å². The molecule has 2 aromatic rings. The molecular formula is C20H26N2O2S. The van der Waals surface area contributed by atoms with Crippen molar-refractivity contribution in [1.29, 1.82) is 0 Å². The predicted molar refractivity (Wildman–Crippen MR) is 100 cm³/mol. The molecule has 0 saturated heterocycles. The van der Waals surface area contributed by atoms with Crippen LogP contribution >= 0.6 is 11.8 Å². The van der Waals surface area contributed by atoms with E-state index in [0.717, 1.165) is 30.7 Å². The Kier molecular flexibility index (Phi) is 6.29. The Morgan fingerprint density at radius 2 is 1.92 bits per heavy atom. The van der Waals surface area contributed by atoms with Crippen molar-refractivity contribution in [2.45, 2.75) is 69.4 Å². The Bertz CT molecular complexity index is 690. The minimum Gasteiger partial charge on any atom is -0.416 e. The Morgan fingerprint density at radius 3 is 2.60 bits per heavy atom. The van der Waals surface area contributed by atoms with Gasteiger partial charge in [-0.2, -0.15) is 0 Å². The van der Waals surface area contributed by atoms with Crippen LogP contribution in [0, 0.1) is 0 Å². The summed E-state index contributed by atoms with van der Waals surface area (Å²) in [6, 6.07) is 7.96. The van der Waals surface area contributed by atoms with Gasteiger partial charge in [-0.05, 0) is 30.7 Å². The lowest BCUT2D eigenvalue weighted by Crippen LogP contribution is -2.04. The van der Waals surface area contributed by atoms with Gasteiger partial charge in [0.05, 0.1) is 5.75 Å². The fraction of sp³-hybridized carbons (Fsp3) is 0.550. The molecule has 1 aromatic carbocycles. The molecule has 1 fully saturated rings. The van der Waals surface area contributed by atoms with Gasteiger partial charge in [0.25, 0.3) is 5.22 Å². The van der Waals surface area contributed by atoms with Crippen molar-refractivity contribution < 1.29 is 9.21 Å². The highest BCUT2D eigenvalue weighted by Gasteiger charge is 2.21. The van der Waals surface area contributed by atoms with E-state index < -0.39 is 0 Å². The highest BCUT2D eigenvalue weighted by molar-refractivity contribution is 7.99. The maximum atomic E-state index is 12.4. The van der Waals surface area contributed by atoms with Crippen molar-refractivity contribution in [2.24, 2.45) is 0 Å². The first-order valence-corrected chi connectivity index (χ1v) is 10.2. The molecule has 1 atom stereocenters. The SMILES string of the molecule is CCC(C)c1ccc(C(=O)CSc2nnc(C3CCCCC3)o2)cc1. The third-order valence-corrected chi connectivity index (χ3v) is 5.94. The molecule has 0 amide bonds. The number of ketones is 1. The van der Waals surface area contributed by atoms with E-state index in [1.807, 2.05) is 12.1 Å². The van der Waals surface area contributed by atoms with Crippen LogP contribution in [0.2, 0.25) is 0 Å². The molecule has 3 rings (SSSR count). The summed E-state index contributed by atoms with van der Waals surface area (Å²) in [4.78, 5) is 12.4. The number of hydrogen-bond acceptors (Lipinski definition) is 5. The third kappa shape index (κ3) is 4.72. The third-order valence-electron chi connectivity index (χ3n) is 5.12. The maximum Gasteiger partial charge on any atom is 0.277 e. The summed E-state index contributed by atoms with van der Waals surface area (Å²) in [6.45, 7) is 4.37. The summed E-state index contributed by atoms with van der Waals surface area (Å²) in [5.41, 5.74) is 2.02. The van der Waals surface area contributed by atoms with E-state index in [0.29, 0.717) is 22.8 Å². The molecule has 4 nitrogen and oxygen atoms in total. The largest absolute Gasteiger partial charge is 0.416 e. The minimum atomic E-state index is 0.0955. The molecule has 1 heterocycles. The summed E-state index contributed by atoms with van der Waals surface area (Å²) < 4.78 is 5.76. The lowest BCUT2D eigenvalue weighted by Gasteiger charge is -2.17. The van der Waals surface area contributed by atoms with E-state index in [1.165, 1.54) is 36.6 Å². The number of nitrogens with zero attached hydrogens (tertiary/aromatic N) is 2. The zero-order valence-electron chi connectivity index (χ0n) is 15.0. The molecule has 1 aliphatic rings. The number of carbonyl (C=O) groups excluding carboxylic acids is 1. The van der Waals surface area contributed by atoms with Crippen molar-refractivity contribution in [3.05, 3.63) is 41.3 Å². The van der Waals surface area contributed by atoms with E-state index in [-0.39, 0.29) is 5.78 Å². The lowest BCUT2D eigenvalue weighted by molar-refractivity contribution is 0.102. The highest BCUT2D eigenvalue weighted by atomic mass is 32.2. The summed E-state index contributed by atoms with van der Waals surface area (Å²) in [7, 11) is 0. The topological polar surface area (TPSA) is 56.0 Å². The number of hydrogen-bond donors (Lipinski definition) is 0. The van der Waals surface area contributed by atoms with Crippen LogP contribution in [0.4, 0.5) is 0 Å². The Morgan fingerprint density at radius 1 is 1.20 bits per heavy atom. The Balaban J connectivity index is 1.54. The number of Topliss-reactive ketones (excluding diaryl/α,β-unsaturated/α-hetero) is 1. The zero-order valence-corrected chi connectivity index (χ0v) is 15.8.